The Morgan fingerprint density at radius 1 is 1.25 bits per heavy atom. The number of hydrogen-bond donors (Lipinski definition) is 1. The van der Waals surface area contributed by atoms with Gasteiger partial charge in [0, 0.05) is 36.8 Å². The van der Waals surface area contributed by atoms with Crippen LogP contribution in [0.2, 0.25) is 0 Å². The van der Waals surface area contributed by atoms with Crippen LogP contribution < -0.4 is 0 Å². The quantitative estimate of drug-likeness (QED) is 0.921. The van der Waals surface area contributed by atoms with E-state index in [2.05, 4.69) is 16.7 Å². The van der Waals surface area contributed by atoms with Crippen LogP contribution in [0.15, 0.2) is 18.2 Å². The number of likely N-dealkylation sites (tertiary alicyclic amines) is 2. The second-order valence-electron chi connectivity index (χ2n) is 6.06. The van der Waals surface area contributed by atoms with Crippen molar-refractivity contribution >= 4 is 0 Å². The molecule has 0 aliphatic carbocycles. The summed E-state index contributed by atoms with van der Waals surface area (Å²) in [5.74, 6) is -0.308. The Balaban J connectivity index is 1.67. The average molecular weight is 278 g/mol. The van der Waals surface area contributed by atoms with Crippen LogP contribution >= 0.6 is 0 Å². The fourth-order valence-corrected chi connectivity index (χ4v) is 3.58. The van der Waals surface area contributed by atoms with Crippen LogP contribution in [0.4, 0.5) is 4.39 Å². The second-order valence-corrected chi connectivity index (χ2v) is 6.06. The van der Waals surface area contributed by atoms with Crippen LogP contribution in [0, 0.1) is 5.82 Å². The van der Waals surface area contributed by atoms with Crippen molar-refractivity contribution in [3.8, 4) is 5.75 Å². The van der Waals surface area contributed by atoms with Crippen molar-refractivity contribution < 1.29 is 9.50 Å². The minimum Gasteiger partial charge on any atom is -0.508 e. The zero-order chi connectivity index (χ0) is 14.1. The fraction of sp³-hybridized carbons (Fsp3) is 0.625. The second kappa shape index (κ2) is 5.70. The predicted molar refractivity (Wildman–Crippen MR) is 77.3 cm³/mol. The molecule has 2 heterocycles. The molecule has 0 radical (unpaired) electrons. The van der Waals surface area contributed by atoms with E-state index in [1.54, 1.807) is 12.1 Å². The first-order valence-corrected chi connectivity index (χ1v) is 7.61. The van der Waals surface area contributed by atoms with E-state index in [0.29, 0.717) is 11.6 Å². The first-order valence-electron chi connectivity index (χ1n) is 7.61. The highest BCUT2D eigenvalue weighted by Crippen LogP contribution is 2.30. The first kappa shape index (κ1) is 13.8. The van der Waals surface area contributed by atoms with Gasteiger partial charge in [0.25, 0.3) is 0 Å². The molecular weight excluding hydrogens is 255 g/mol. The van der Waals surface area contributed by atoms with Crippen LogP contribution in [0.1, 0.15) is 37.8 Å². The molecule has 1 aromatic carbocycles. The molecule has 0 bridgehead atoms. The smallest absolute Gasteiger partial charge is 0.131 e. The van der Waals surface area contributed by atoms with E-state index in [0.717, 1.165) is 13.1 Å². The van der Waals surface area contributed by atoms with Gasteiger partial charge in [0.2, 0.25) is 0 Å². The summed E-state index contributed by atoms with van der Waals surface area (Å²) in [7, 11) is 0. The topological polar surface area (TPSA) is 26.7 Å². The van der Waals surface area contributed by atoms with E-state index < -0.39 is 0 Å². The summed E-state index contributed by atoms with van der Waals surface area (Å²) in [6.45, 7) is 6.56. The molecular formula is C16H23FN2O. The molecule has 20 heavy (non-hydrogen) atoms. The average Bonchev–Trinajstić information content (AvgIpc) is 3.09. The molecule has 2 atom stereocenters. The summed E-state index contributed by atoms with van der Waals surface area (Å²) in [5, 5.41) is 9.31. The zero-order valence-electron chi connectivity index (χ0n) is 12.1. The van der Waals surface area contributed by atoms with E-state index in [4.69, 9.17) is 0 Å². The molecule has 2 fully saturated rings. The van der Waals surface area contributed by atoms with Gasteiger partial charge in [0.05, 0.1) is 0 Å². The Labute approximate surface area is 120 Å². The first-order chi connectivity index (χ1) is 9.65. The van der Waals surface area contributed by atoms with E-state index in [1.165, 1.54) is 38.4 Å². The minimum atomic E-state index is -0.304. The third-order valence-electron chi connectivity index (χ3n) is 4.83. The molecule has 2 saturated heterocycles. The standard InChI is InChI=1S/C16H23FN2O/c1-12(15-5-4-14(20)10-16(15)17)19-9-6-13(11-19)18-7-2-3-8-18/h4-5,10,12-13,20H,2-3,6-9,11H2,1H3. The molecule has 0 amide bonds. The maximum absolute atomic E-state index is 14.0. The Hall–Kier alpha value is -1.13. The van der Waals surface area contributed by atoms with Crippen molar-refractivity contribution in [2.45, 2.75) is 38.3 Å². The number of rotatable bonds is 3. The monoisotopic (exact) mass is 278 g/mol. The number of benzene rings is 1. The lowest BCUT2D eigenvalue weighted by Gasteiger charge is -2.27. The highest BCUT2D eigenvalue weighted by molar-refractivity contribution is 5.29. The van der Waals surface area contributed by atoms with Crippen molar-refractivity contribution in [3.05, 3.63) is 29.6 Å². The third kappa shape index (κ3) is 2.67. The zero-order valence-corrected chi connectivity index (χ0v) is 12.1. The van der Waals surface area contributed by atoms with Crippen LogP contribution in [-0.4, -0.2) is 47.1 Å². The lowest BCUT2D eigenvalue weighted by atomic mass is 10.1. The molecule has 0 aromatic heterocycles. The SMILES string of the molecule is CC(c1ccc(O)cc1F)N1CCC(N2CCCC2)C1. The van der Waals surface area contributed by atoms with Gasteiger partial charge >= 0.3 is 0 Å². The number of halogens is 1. The Kier molecular flexibility index (Phi) is 3.94. The number of nitrogens with zero attached hydrogens (tertiary/aromatic N) is 2. The maximum atomic E-state index is 14.0. The van der Waals surface area contributed by atoms with Gasteiger partial charge in [0.1, 0.15) is 11.6 Å². The lowest BCUT2D eigenvalue weighted by molar-refractivity contribution is 0.206. The van der Waals surface area contributed by atoms with Crippen molar-refractivity contribution in [1.82, 2.24) is 9.80 Å². The fourth-order valence-electron chi connectivity index (χ4n) is 3.58. The highest BCUT2D eigenvalue weighted by atomic mass is 19.1. The summed E-state index contributed by atoms with van der Waals surface area (Å²) in [4.78, 5) is 4.94. The van der Waals surface area contributed by atoms with Crippen molar-refractivity contribution in [3.63, 3.8) is 0 Å². The van der Waals surface area contributed by atoms with E-state index >= 15 is 0 Å². The molecule has 3 rings (SSSR count). The van der Waals surface area contributed by atoms with Gasteiger partial charge in [-0.2, -0.15) is 0 Å². The molecule has 110 valence electrons. The number of phenols is 1. The molecule has 2 unspecified atom stereocenters. The predicted octanol–water partition coefficient (Wildman–Crippen LogP) is 2.76. The molecule has 1 aromatic rings. The molecule has 0 saturated carbocycles. The molecule has 4 heteroatoms. The van der Waals surface area contributed by atoms with E-state index in [1.807, 2.05) is 0 Å². The van der Waals surface area contributed by atoms with Crippen LogP contribution in [-0.2, 0) is 0 Å². The third-order valence-corrected chi connectivity index (χ3v) is 4.83. The summed E-state index contributed by atoms with van der Waals surface area (Å²) in [6.07, 6.45) is 3.82. The number of hydrogen-bond acceptors (Lipinski definition) is 3. The van der Waals surface area contributed by atoms with Crippen LogP contribution in [0.25, 0.3) is 0 Å². The van der Waals surface area contributed by atoms with Crippen molar-refractivity contribution in [2.24, 2.45) is 0 Å². The largest absolute Gasteiger partial charge is 0.508 e. The molecule has 1 N–H and O–H groups in total. The molecule has 2 aliphatic heterocycles. The molecule has 0 spiro atoms. The van der Waals surface area contributed by atoms with Gasteiger partial charge in [-0.05, 0) is 45.3 Å². The minimum absolute atomic E-state index is 0.00480. The summed E-state index contributed by atoms with van der Waals surface area (Å²) < 4.78 is 14.0. The molecule has 3 nitrogen and oxygen atoms in total. The van der Waals surface area contributed by atoms with Gasteiger partial charge in [-0.25, -0.2) is 4.39 Å². The number of phenolic OH excluding ortho intramolecular Hbond substituents is 1. The molecule has 2 aliphatic rings. The van der Waals surface area contributed by atoms with Crippen molar-refractivity contribution in [2.75, 3.05) is 26.2 Å². The van der Waals surface area contributed by atoms with Gasteiger partial charge in [-0.3, -0.25) is 9.80 Å². The van der Waals surface area contributed by atoms with Crippen LogP contribution in [0.3, 0.4) is 0 Å². The van der Waals surface area contributed by atoms with Gasteiger partial charge in [-0.15, -0.1) is 0 Å². The Morgan fingerprint density at radius 3 is 2.70 bits per heavy atom. The normalized spacial score (nSPS) is 26.2. The summed E-state index contributed by atoms with van der Waals surface area (Å²) in [6, 6.07) is 5.20. The highest BCUT2D eigenvalue weighted by Gasteiger charge is 2.32. The van der Waals surface area contributed by atoms with Gasteiger partial charge in [0.15, 0.2) is 0 Å². The van der Waals surface area contributed by atoms with Gasteiger partial charge in [-0.1, -0.05) is 6.07 Å². The summed E-state index contributed by atoms with van der Waals surface area (Å²) >= 11 is 0. The number of aromatic hydroxyl groups is 1. The summed E-state index contributed by atoms with van der Waals surface area (Å²) in [5.41, 5.74) is 0.685. The van der Waals surface area contributed by atoms with E-state index in [9.17, 15) is 9.50 Å². The van der Waals surface area contributed by atoms with Gasteiger partial charge < -0.3 is 5.11 Å². The van der Waals surface area contributed by atoms with Crippen molar-refractivity contribution in [1.29, 1.82) is 0 Å². The maximum Gasteiger partial charge on any atom is 0.131 e. The Bertz CT molecular complexity index is 474. The lowest BCUT2D eigenvalue weighted by Crippen LogP contribution is -2.36. The van der Waals surface area contributed by atoms with Crippen LogP contribution in [0.5, 0.6) is 5.75 Å². The Morgan fingerprint density at radius 2 is 2.00 bits per heavy atom. The van der Waals surface area contributed by atoms with E-state index in [-0.39, 0.29) is 17.6 Å².